The molecule has 0 amide bonds. The van der Waals surface area contributed by atoms with Crippen LogP contribution in [-0.2, 0) is 11.3 Å². The van der Waals surface area contributed by atoms with Crippen molar-refractivity contribution in [3.05, 3.63) is 35.5 Å². The smallest absolute Gasteiger partial charge is 0.133 e. The number of hydrogen-bond donors (Lipinski definition) is 1. The van der Waals surface area contributed by atoms with E-state index in [0.29, 0.717) is 6.61 Å². The van der Waals surface area contributed by atoms with Crippen molar-refractivity contribution in [2.24, 2.45) is 0 Å². The molecule has 1 aromatic heterocycles. The van der Waals surface area contributed by atoms with E-state index in [-0.39, 0.29) is 0 Å². The minimum Gasteiger partial charge on any atom is -0.383 e. The van der Waals surface area contributed by atoms with Crippen molar-refractivity contribution in [3.63, 3.8) is 0 Å². The highest BCUT2D eigenvalue weighted by molar-refractivity contribution is 5.52. The molecule has 0 aliphatic heterocycles. The lowest BCUT2D eigenvalue weighted by Crippen LogP contribution is -2.30. The van der Waals surface area contributed by atoms with E-state index < -0.39 is 0 Å². The molecule has 0 spiro atoms. The highest BCUT2D eigenvalue weighted by Crippen LogP contribution is 2.22. The fourth-order valence-corrected chi connectivity index (χ4v) is 2.21. The zero-order valence-electron chi connectivity index (χ0n) is 13.2. The van der Waals surface area contributed by atoms with Gasteiger partial charge < -0.3 is 15.0 Å². The third kappa shape index (κ3) is 4.62. The van der Waals surface area contributed by atoms with Crippen molar-refractivity contribution >= 4 is 5.82 Å². The Morgan fingerprint density at radius 2 is 2.20 bits per heavy atom. The molecular formula is C16H27N3O. The van der Waals surface area contributed by atoms with Gasteiger partial charge in [0.1, 0.15) is 5.82 Å². The first-order valence-electron chi connectivity index (χ1n) is 7.16. The van der Waals surface area contributed by atoms with Gasteiger partial charge >= 0.3 is 0 Å². The molecule has 1 rings (SSSR count). The average Bonchev–Trinajstić information content (AvgIpc) is 2.42. The molecule has 20 heavy (non-hydrogen) atoms. The Morgan fingerprint density at radius 3 is 2.80 bits per heavy atom. The van der Waals surface area contributed by atoms with Gasteiger partial charge in [-0.1, -0.05) is 13.0 Å². The first-order chi connectivity index (χ1) is 9.63. The molecule has 0 fully saturated rings. The Labute approximate surface area is 122 Å². The van der Waals surface area contributed by atoms with E-state index in [1.165, 1.54) is 11.1 Å². The van der Waals surface area contributed by atoms with Gasteiger partial charge in [-0.15, -0.1) is 6.58 Å². The topological polar surface area (TPSA) is 37.4 Å². The molecule has 1 aromatic rings. The number of rotatable bonds is 9. The Hall–Kier alpha value is -1.39. The van der Waals surface area contributed by atoms with Gasteiger partial charge in [0.15, 0.2) is 0 Å². The van der Waals surface area contributed by atoms with Gasteiger partial charge in [0.25, 0.3) is 0 Å². The van der Waals surface area contributed by atoms with Crippen LogP contribution in [-0.4, -0.2) is 38.3 Å². The first kappa shape index (κ1) is 16.7. The van der Waals surface area contributed by atoms with Crippen molar-refractivity contribution < 1.29 is 4.74 Å². The van der Waals surface area contributed by atoms with Crippen molar-refractivity contribution in [3.8, 4) is 0 Å². The van der Waals surface area contributed by atoms with Crippen LogP contribution in [0.2, 0.25) is 0 Å². The van der Waals surface area contributed by atoms with Crippen LogP contribution in [0.4, 0.5) is 5.82 Å². The lowest BCUT2D eigenvalue weighted by Gasteiger charge is -2.26. The normalized spacial score (nSPS) is 10.6. The molecule has 0 aromatic carbocycles. The summed E-state index contributed by atoms with van der Waals surface area (Å²) >= 11 is 0. The fourth-order valence-electron chi connectivity index (χ4n) is 2.21. The Morgan fingerprint density at radius 1 is 1.45 bits per heavy atom. The van der Waals surface area contributed by atoms with Gasteiger partial charge in [0, 0.05) is 38.0 Å². The van der Waals surface area contributed by atoms with E-state index in [1.54, 1.807) is 7.11 Å². The molecule has 4 nitrogen and oxygen atoms in total. The summed E-state index contributed by atoms with van der Waals surface area (Å²) in [6.45, 7) is 14.2. The molecule has 1 N–H and O–H groups in total. The van der Waals surface area contributed by atoms with Gasteiger partial charge in [0.05, 0.1) is 6.61 Å². The van der Waals surface area contributed by atoms with Crippen LogP contribution in [0.15, 0.2) is 18.7 Å². The van der Waals surface area contributed by atoms with E-state index in [9.17, 15) is 0 Å². The molecule has 0 atom stereocenters. The molecule has 0 aliphatic rings. The predicted molar refractivity (Wildman–Crippen MR) is 85.4 cm³/mol. The summed E-state index contributed by atoms with van der Waals surface area (Å²) in [4.78, 5) is 6.97. The van der Waals surface area contributed by atoms with Crippen LogP contribution >= 0.6 is 0 Å². The van der Waals surface area contributed by atoms with E-state index in [2.05, 4.69) is 36.7 Å². The number of pyridine rings is 1. The van der Waals surface area contributed by atoms with Crippen LogP contribution in [0, 0.1) is 13.8 Å². The lowest BCUT2D eigenvalue weighted by atomic mass is 10.1. The van der Waals surface area contributed by atoms with E-state index >= 15 is 0 Å². The third-order valence-corrected chi connectivity index (χ3v) is 3.22. The van der Waals surface area contributed by atoms with Crippen LogP contribution < -0.4 is 10.2 Å². The molecule has 4 heteroatoms. The maximum absolute atomic E-state index is 5.20. The number of aromatic nitrogens is 1. The SMILES string of the molecule is C=CCN(CCOC)c1nc(C)cc(C)c1CNCC. The van der Waals surface area contributed by atoms with Crippen LogP contribution in [0.1, 0.15) is 23.7 Å². The van der Waals surface area contributed by atoms with E-state index in [0.717, 1.165) is 37.7 Å². The van der Waals surface area contributed by atoms with Gasteiger partial charge in [-0.3, -0.25) is 0 Å². The number of nitrogens with zero attached hydrogens (tertiary/aromatic N) is 2. The van der Waals surface area contributed by atoms with Crippen molar-refractivity contribution in [2.45, 2.75) is 27.3 Å². The second kappa shape index (κ2) is 8.72. The Balaban J connectivity index is 3.11. The summed E-state index contributed by atoms with van der Waals surface area (Å²) in [7, 11) is 1.72. The van der Waals surface area contributed by atoms with Crippen LogP contribution in [0.5, 0.6) is 0 Å². The van der Waals surface area contributed by atoms with Gasteiger partial charge in [-0.05, 0) is 32.0 Å². The Bertz CT molecular complexity index is 432. The van der Waals surface area contributed by atoms with Crippen molar-refractivity contribution in [1.82, 2.24) is 10.3 Å². The highest BCUT2D eigenvalue weighted by Gasteiger charge is 2.14. The second-order valence-electron chi connectivity index (χ2n) is 4.89. The summed E-state index contributed by atoms with van der Waals surface area (Å²) < 4.78 is 5.20. The molecule has 0 unspecified atom stereocenters. The number of aryl methyl sites for hydroxylation is 2. The van der Waals surface area contributed by atoms with Gasteiger partial charge in [0.2, 0.25) is 0 Å². The maximum Gasteiger partial charge on any atom is 0.133 e. The van der Waals surface area contributed by atoms with E-state index in [1.807, 2.05) is 13.0 Å². The highest BCUT2D eigenvalue weighted by atomic mass is 16.5. The molecule has 0 saturated carbocycles. The number of nitrogens with one attached hydrogen (secondary N) is 1. The standard InChI is InChI=1S/C16H27N3O/c1-6-8-19(9-10-20-5)16-15(12-17-7-2)13(3)11-14(4)18-16/h6,11,17H,1,7-10,12H2,2-5H3. The average molecular weight is 277 g/mol. The van der Waals surface area contributed by atoms with Crippen LogP contribution in [0.3, 0.4) is 0 Å². The largest absolute Gasteiger partial charge is 0.383 e. The van der Waals surface area contributed by atoms with Crippen LogP contribution in [0.25, 0.3) is 0 Å². The third-order valence-electron chi connectivity index (χ3n) is 3.22. The summed E-state index contributed by atoms with van der Waals surface area (Å²) in [6, 6.07) is 2.14. The number of ether oxygens (including phenoxy) is 1. The zero-order chi connectivity index (χ0) is 15.0. The number of methoxy groups -OCH3 is 1. The van der Waals surface area contributed by atoms with Gasteiger partial charge in [-0.2, -0.15) is 0 Å². The minimum absolute atomic E-state index is 0.684. The van der Waals surface area contributed by atoms with E-state index in [4.69, 9.17) is 9.72 Å². The maximum atomic E-state index is 5.20. The minimum atomic E-state index is 0.684. The quantitative estimate of drug-likeness (QED) is 0.704. The Kier molecular flexibility index (Phi) is 7.26. The summed E-state index contributed by atoms with van der Waals surface area (Å²) in [5, 5.41) is 3.39. The first-order valence-corrected chi connectivity index (χ1v) is 7.16. The summed E-state index contributed by atoms with van der Waals surface area (Å²) in [6.07, 6.45) is 1.91. The molecule has 0 saturated heterocycles. The van der Waals surface area contributed by atoms with Gasteiger partial charge in [-0.25, -0.2) is 4.98 Å². The molecule has 0 aliphatic carbocycles. The summed E-state index contributed by atoms with van der Waals surface area (Å²) in [5.41, 5.74) is 3.58. The monoisotopic (exact) mass is 277 g/mol. The summed E-state index contributed by atoms with van der Waals surface area (Å²) in [5.74, 6) is 1.04. The van der Waals surface area contributed by atoms with Crippen molar-refractivity contribution in [1.29, 1.82) is 0 Å². The molecule has 1 heterocycles. The predicted octanol–water partition coefficient (Wildman–Crippen LogP) is 2.45. The number of anilines is 1. The fraction of sp³-hybridized carbons (Fsp3) is 0.562. The zero-order valence-corrected chi connectivity index (χ0v) is 13.2. The van der Waals surface area contributed by atoms with Crippen molar-refractivity contribution in [2.75, 3.05) is 38.3 Å². The molecule has 112 valence electrons. The molecule has 0 radical (unpaired) electrons. The lowest BCUT2D eigenvalue weighted by molar-refractivity contribution is 0.205. The molecular weight excluding hydrogens is 250 g/mol. The second-order valence-corrected chi connectivity index (χ2v) is 4.89. The number of hydrogen-bond acceptors (Lipinski definition) is 4. The molecule has 0 bridgehead atoms.